The number of carbonyl (C=O) groups is 8. The van der Waals surface area contributed by atoms with Crippen molar-refractivity contribution in [1.82, 2.24) is 0 Å². The lowest BCUT2D eigenvalue weighted by Crippen LogP contribution is -2.15. The maximum absolute atomic E-state index is 10.8. The van der Waals surface area contributed by atoms with Gasteiger partial charge in [-0.1, -0.05) is 59.4 Å². The van der Waals surface area contributed by atoms with Crippen LogP contribution in [0.5, 0.6) is 0 Å². The van der Waals surface area contributed by atoms with E-state index in [4.69, 9.17) is 4.74 Å². The molecule has 276 valence electrons. The summed E-state index contributed by atoms with van der Waals surface area (Å²) in [6, 6.07) is 0. The average Bonchev–Trinajstić information content (AvgIpc) is 2.98. The fourth-order valence-electron chi connectivity index (χ4n) is 2.00. The van der Waals surface area contributed by atoms with Gasteiger partial charge in [0.05, 0.1) is 13.7 Å². The molecule has 13 heteroatoms. The number of nitrogens with two attached hydrogens (primary N) is 1. The Bertz CT molecular complexity index is 1010. The molecule has 0 rings (SSSR count). The minimum atomic E-state index is -0.617. The number of carbonyl (C=O) groups excluding carboxylic acids is 8. The van der Waals surface area contributed by atoms with Crippen LogP contribution in [0.25, 0.3) is 0 Å². The molecule has 1 atom stereocenters. The number of Topliss-reactive ketones (excluding diaryl/α,β-unsaturated/α-hetero) is 3. The number of ether oxygens (including phenoxy) is 4. The van der Waals surface area contributed by atoms with Crippen molar-refractivity contribution < 1.29 is 57.3 Å². The number of hydrogen-bond donors (Lipinski definition) is 1. The van der Waals surface area contributed by atoms with Crippen LogP contribution in [0.2, 0.25) is 0 Å². The molecule has 0 saturated heterocycles. The number of esters is 4. The van der Waals surface area contributed by atoms with Gasteiger partial charge < -0.3 is 34.3 Å². The first kappa shape index (κ1) is 55.7. The number of ketones is 3. The second-order valence-electron chi connectivity index (χ2n) is 9.96. The molecule has 13 nitrogen and oxygen atoms in total. The van der Waals surface area contributed by atoms with E-state index < -0.39 is 17.8 Å². The van der Waals surface area contributed by atoms with Crippen molar-refractivity contribution in [2.75, 3.05) is 26.9 Å². The van der Waals surface area contributed by atoms with Crippen molar-refractivity contribution in [2.24, 2.45) is 11.7 Å². The lowest BCUT2D eigenvalue weighted by molar-refractivity contribution is -0.151. The van der Waals surface area contributed by atoms with Crippen LogP contribution in [-0.2, 0) is 57.3 Å². The molecule has 0 heterocycles. The normalized spacial score (nSPS) is 9.04. The zero-order valence-electron chi connectivity index (χ0n) is 30.7. The van der Waals surface area contributed by atoms with E-state index in [0.717, 1.165) is 18.9 Å². The molecule has 0 fully saturated rings. The Hall–Kier alpha value is -4.68. The van der Waals surface area contributed by atoms with Crippen molar-refractivity contribution in [3.05, 3.63) is 49.6 Å². The zero-order valence-corrected chi connectivity index (χ0v) is 30.7. The van der Waals surface area contributed by atoms with Crippen LogP contribution in [-0.4, -0.2) is 74.1 Å². The SMILES string of the molecule is C=C(C)C(=O)OC.C=C(C)C(=O)OCCOC(=O)CC(C)=O.C=CC(=O)OCC(CC)CCCC.C=CC(N)=O.CC(C)=O.CC(C)=O. The summed E-state index contributed by atoms with van der Waals surface area (Å²) in [5.74, 6) is -1.70. The summed E-state index contributed by atoms with van der Waals surface area (Å²) in [4.78, 5) is 81.5. The number of methoxy groups -OCH3 is 1. The molecule has 0 bridgehead atoms. The Morgan fingerprint density at radius 3 is 1.40 bits per heavy atom. The third-order valence-corrected chi connectivity index (χ3v) is 4.23. The Balaban J connectivity index is -0.000000120. The van der Waals surface area contributed by atoms with Gasteiger partial charge in [0.25, 0.3) is 0 Å². The maximum atomic E-state index is 10.8. The van der Waals surface area contributed by atoms with Gasteiger partial charge in [0.1, 0.15) is 37.0 Å². The molecule has 1 unspecified atom stereocenters. The molecule has 0 radical (unpaired) electrons. The van der Waals surface area contributed by atoms with Gasteiger partial charge in [-0.3, -0.25) is 14.4 Å². The summed E-state index contributed by atoms with van der Waals surface area (Å²) in [6.45, 7) is 28.5. The van der Waals surface area contributed by atoms with E-state index in [-0.39, 0.29) is 54.5 Å². The topological polar surface area (TPSA) is 199 Å². The Morgan fingerprint density at radius 2 is 1.12 bits per heavy atom. The first-order valence-electron chi connectivity index (χ1n) is 15.0. The van der Waals surface area contributed by atoms with E-state index in [2.05, 4.69) is 60.1 Å². The minimum Gasteiger partial charge on any atom is -0.466 e. The largest absolute Gasteiger partial charge is 0.466 e. The average molecular weight is 686 g/mol. The number of primary amides is 1. The van der Waals surface area contributed by atoms with Crippen molar-refractivity contribution in [3.63, 3.8) is 0 Å². The van der Waals surface area contributed by atoms with Crippen molar-refractivity contribution in [3.8, 4) is 0 Å². The van der Waals surface area contributed by atoms with Crippen LogP contribution >= 0.6 is 0 Å². The molecule has 0 aliphatic heterocycles. The van der Waals surface area contributed by atoms with Gasteiger partial charge >= 0.3 is 23.9 Å². The molecule has 0 aromatic heterocycles. The first-order valence-corrected chi connectivity index (χ1v) is 15.0. The molecule has 1 amide bonds. The lowest BCUT2D eigenvalue weighted by atomic mass is 10.0. The molecule has 0 spiro atoms. The van der Waals surface area contributed by atoms with Gasteiger partial charge in [0.2, 0.25) is 5.91 Å². The smallest absolute Gasteiger partial charge is 0.333 e. The van der Waals surface area contributed by atoms with Crippen LogP contribution in [0.15, 0.2) is 49.6 Å². The number of unbranched alkanes of at least 4 members (excludes halogenated alkanes) is 1. The molecule has 2 N–H and O–H groups in total. The van der Waals surface area contributed by atoms with E-state index in [9.17, 15) is 38.4 Å². The van der Waals surface area contributed by atoms with Crippen LogP contribution in [0.4, 0.5) is 0 Å². The second-order valence-corrected chi connectivity index (χ2v) is 9.96. The van der Waals surface area contributed by atoms with Gasteiger partial charge in [0, 0.05) is 17.2 Å². The third-order valence-electron chi connectivity index (χ3n) is 4.23. The first-order chi connectivity index (χ1) is 22.1. The molecular weight excluding hydrogens is 626 g/mol. The highest BCUT2D eigenvalue weighted by molar-refractivity contribution is 5.94. The van der Waals surface area contributed by atoms with E-state index in [1.807, 2.05) is 0 Å². The molecule has 0 aromatic rings. The molecular formula is C35H59NO12. The summed E-state index contributed by atoms with van der Waals surface area (Å²) in [7, 11) is 1.33. The monoisotopic (exact) mass is 685 g/mol. The van der Waals surface area contributed by atoms with Gasteiger partial charge in [-0.15, -0.1) is 0 Å². The Labute approximate surface area is 287 Å². The summed E-state index contributed by atoms with van der Waals surface area (Å²) in [5, 5.41) is 0. The minimum absolute atomic E-state index is 0.0324. The summed E-state index contributed by atoms with van der Waals surface area (Å²) >= 11 is 0. The number of hydrogen-bond acceptors (Lipinski definition) is 12. The second kappa shape index (κ2) is 40.3. The van der Waals surface area contributed by atoms with Gasteiger partial charge in [-0.25, -0.2) is 14.4 Å². The Kier molecular flexibility index (Phi) is 46.8. The molecule has 0 aliphatic carbocycles. The summed E-state index contributed by atoms with van der Waals surface area (Å²) in [6.07, 6.45) is 6.65. The van der Waals surface area contributed by atoms with Crippen LogP contribution < -0.4 is 5.73 Å². The van der Waals surface area contributed by atoms with Crippen molar-refractivity contribution >= 4 is 47.1 Å². The van der Waals surface area contributed by atoms with E-state index in [1.165, 1.54) is 67.6 Å². The van der Waals surface area contributed by atoms with Crippen LogP contribution in [0.3, 0.4) is 0 Å². The molecule has 0 saturated carbocycles. The van der Waals surface area contributed by atoms with E-state index in [0.29, 0.717) is 18.1 Å². The fourth-order valence-corrected chi connectivity index (χ4v) is 2.00. The van der Waals surface area contributed by atoms with Crippen molar-refractivity contribution in [2.45, 2.75) is 94.4 Å². The van der Waals surface area contributed by atoms with Crippen LogP contribution in [0, 0.1) is 5.92 Å². The highest BCUT2D eigenvalue weighted by Crippen LogP contribution is 2.12. The fraction of sp³-hybridized carbons (Fsp3) is 0.543. The van der Waals surface area contributed by atoms with Gasteiger partial charge in [-0.2, -0.15) is 0 Å². The molecule has 0 aliphatic rings. The number of amides is 1. The predicted octanol–water partition coefficient (Wildman–Crippen LogP) is 5.14. The highest BCUT2D eigenvalue weighted by atomic mass is 16.6. The predicted molar refractivity (Wildman–Crippen MR) is 185 cm³/mol. The molecule has 48 heavy (non-hydrogen) atoms. The highest BCUT2D eigenvalue weighted by Gasteiger charge is 2.08. The lowest BCUT2D eigenvalue weighted by Gasteiger charge is -2.13. The standard InChI is InChI=1S/C11H20O2.C10H14O5.C5H8O2.C3H5NO.2C3H6O/c1-4-7-8-10(5-2)9-13-11(12)6-3;1-7(2)10(13)15-5-4-14-9(12)6-8(3)11;1-4(2)5(6)7-3;1-2-3(4)5;2*1-3(2)4/h6,10H,3-5,7-9H2,1-2H3;1,4-6H2,2-3H3;1H2,2-3H3;2H,1H2,(H2,4,5);2*1-2H3. The van der Waals surface area contributed by atoms with E-state index in [1.54, 1.807) is 6.92 Å². The van der Waals surface area contributed by atoms with Gasteiger partial charge in [-0.05, 0) is 66.9 Å². The van der Waals surface area contributed by atoms with Crippen LogP contribution in [0.1, 0.15) is 94.4 Å². The Morgan fingerprint density at radius 1 is 0.708 bits per heavy atom. The number of rotatable bonds is 15. The summed E-state index contributed by atoms with van der Waals surface area (Å²) < 4.78 is 18.5. The van der Waals surface area contributed by atoms with Crippen molar-refractivity contribution in [1.29, 1.82) is 0 Å². The summed E-state index contributed by atoms with van der Waals surface area (Å²) in [5.41, 5.74) is 5.25. The third kappa shape index (κ3) is 68.5. The maximum Gasteiger partial charge on any atom is 0.333 e. The van der Waals surface area contributed by atoms with E-state index >= 15 is 0 Å². The zero-order chi connectivity index (χ0) is 39.3. The quantitative estimate of drug-likeness (QED) is 0.0783. The van der Waals surface area contributed by atoms with Gasteiger partial charge in [0.15, 0.2) is 0 Å². The molecule has 0 aromatic carbocycles.